The molecule has 1 aromatic carbocycles. The molecular formula is C18H28N2O2S. The Morgan fingerprint density at radius 1 is 1.39 bits per heavy atom. The van der Waals surface area contributed by atoms with Crippen LogP contribution in [0.4, 0.5) is 16.2 Å². The normalized spacial score (nSPS) is 13.8. The molecule has 1 aromatic rings. The number of benzene rings is 1. The number of rotatable bonds is 6. The smallest absolute Gasteiger partial charge is 0.414 e. The zero-order valence-corrected chi connectivity index (χ0v) is 15.5. The van der Waals surface area contributed by atoms with Gasteiger partial charge in [-0.25, -0.2) is 4.79 Å². The van der Waals surface area contributed by atoms with E-state index in [0.717, 1.165) is 24.3 Å². The summed E-state index contributed by atoms with van der Waals surface area (Å²) in [6.45, 7) is 9.56. The first-order chi connectivity index (χ1) is 10.9. The van der Waals surface area contributed by atoms with E-state index in [1.807, 2.05) is 38.6 Å². The molecule has 1 aliphatic heterocycles. The van der Waals surface area contributed by atoms with E-state index in [1.165, 1.54) is 23.5 Å². The Balaban J connectivity index is 1.93. The summed E-state index contributed by atoms with van der Waals surface area (Å²) >= 11 is 1.97. The molecule has 23 heavy (non-hydrogen) atoms. The summed E-state index contributed by atoms with van der Waals surface area (Å²) in [5.74, 6) is 2.38. The number of hydrogen-bond donors (Lipinski definition) is 1. The van der Waals surface area contributed by atoms with Crippen molar-refractivity contribution >= 4 is 29.2 Å². The van der Waals surface area contributed by atoms with Gasteiger partial charge in [0, 0.05) is 18.8 Å². The van der Waals surface area contributed by atoms with Gasteiger partial charge in [-0.2, -0.15) is 11.8 Å². The van der Waals surface area contributed by atoms with Crippen molar-refractivity contribution in [2.24, 2.45) is 0 Å². The van der Waals surface area contributed by atoms with Gasteiger partial charge < -0.3 is 10.1 Å². The van der Waals surface area contributed by atoms with Crippen LogP contribution in [0.15, 0.2) is 18.2 Å². The number of carbonyl (C=O) groups excluding carboxylic acids is 1. The maximum Gasteiger partial charge on any atom is 0.414 e. The Labute approximate surface area is 144 Å². The molecule has 1 aliphatic rings. The number of hydrogen-bond acceptors (Lipinski definition) is 4. The highest BCUT2D eigenvalue weighted by Crippen LogP contribution is 2.31. The van der Waals surface area contributed by atoms with Crippen molar-refractivity contribution in [3.05, 3.63) is 23.8 Å². The lowest BCUT2D eigenvalue weighted by molar-refractivity contribution is 0.0584. The number of thioether (sulfide) groups is 1. The summed E-state index contributed by atoms with van der Waals surface area (Å²) in [6, 6.07) is 6.23. The van der Waals surface area contributed by atoms with E-state index >= 15 is 0 Å². The van der Waals surface area contributed by atoms with E-state index in [1.54, 1.807) is 4.90 Å². The molecule has 0 bridgehead atoms. The van der Waals surface area contributed by atoms with E-state index < -0.39 is 5.60 Å². The van der Waals surface area contributed by atoms with E-state index in [2.05, 4.69) is 24.4 Å². The fourth-order valence-corrected chi connectivity index (χ4v) is 3.21. The minimum absolute atomic E-state index is 0.256. The SMILES string of the molecule is CCSCCCNc1ccc2c(c1)CCN2C(=O)OC(C)(C)C. The van der Waals surface area contributed by atoms with Crippen molar-refractivity contribution in [1.29, 1.82) is 0 Å². The van der Waals surface area contributed by atoms with E-state index in [-0.39, 0.29) is 6.09 Å². The van der Waals surface area contributed by atoms with Crippen molar-refractivity contribution in [2.75, 3.05) is 34.8 Å². The fourth-order valence-electron chi connectivity index (χ4n) is 2.57. The van der Waals surface area contributed by atoms with Gasteiger partial charge in [-0.3, -0.25) is 4.90 Å². The van der Waals surface area contributed by atoms with Crippen LogP contribution in [0.1, 0.15) is 39.7 Å². The van der Waals surface area contributed by atoms with Crippen LogP contribution in [0, 0.1) is 0 Å². The van der Waals surface area contributed by atoms with Gasteiger partial charge in [0.2, 0.25) is 0 Å². The van der Waals surface area contributed by atoms with Crippen molar-refractivity contribution < 1.29 is 9.53 Å². The largest absolute Gasteiger partial charge is 0.443 e. The molecule has 1 amide bonds. The average molecular weight is 337 g/mol. The predicted molar refractivity (Wildman–Crippen MR) is 99.8 cm³/mol. The third kappa shape index (κ3) is 5.34. The second kappa shape index (κ2) is 7.95. The van der Waals surface area contributed by atoms with Crippen LogP contribution in [-0.4, -0.2) is 36.3 Å². The van der Waals surface area contributed by atoms with Crippen molar-refractivity contribution in [2.45, 2.75) is 46.1 Å². The molecule has 128 valence electrons. The molecule has 0 aliphatic carbocycles. The third-order valence-electron chi connectivity index (χ3n) is 3.59. The molecule has 0 aromatic heterocycles. The van der Waals surface area contributed by atoms with Crippen LogP contribution in [0.25, 0.3) is 0 Å². The zero-order valence-electron chi connectivity index (χ0n) is 14.6. The van der Waals surface area contributed by atoms with Gasteiger partial charge in [0.15, 0.2) is 0 Å². The molecule has 0 spiro atoms. The summed E-state index contributed by atoms with van der Waals surface area (Å²) < 4.78 is 5.48. The number of nitrogens with one attached hydrogen (secondary N) is 1. The number of anilines is 2. The lowest BCUT2D eigenvalue weighted by Crippen LogP contribution is -2.35. The summed E-state index contributed by atoms with van der Waals surface area (Å²) in [5.41, 5.74) is 2.86. The molecule has 0 saturated heterocycles. The maximum absolute atomic E-state index is 12.3. The highest BCUT2D eigenvalue weighted by molar-refractivity contribution is 7.99. The third-order valence-corrected chi connectivity index (χ3v) is 4.57. The summed E-state index contributed by atoms with van der Waals surface area (Å²) in [6.07, 6.45) is 1.80. The Bertz CT molecular complexity index is 540. The summed E-state index contributed by atoms with van der Waals surface area (Å²) in [7, 11) is 0. The second-order valence-corrected chi connectivity index (χ2v) is 8.10. The van der Waals surface area contributed by atoms with Crippen LogP contribution in [0.5, 0.6) is 0 Å². The van der Waals surface area contributed by atoms with Crippen molar-refractivity contribution in [1.82, 2.24) is 0 Å². The zero-order chi connectivity index (χ0) is 16.9. The monoisotopic (exact) mass is 336 g/mol. The van der Waals surface area contributed by atoms with Gasteiger partial charge in [0.05, 0.1) is 5.69 Å². The van der Waals surface area contributed by atoms with Gasteiger partial charge in [-0.1, -0.05) is 6.92 Å². The Kier molecular flexibility index (Phi) is 6.22. The standard InChI is InChI=1S/C18H28N2O2S/c1-5-23-12-6-10-19-15-7-8-16-14(13-15)9-11-20(16)17(21)22-18(2,3)4/h7-8,13,19H,5-6,9-12H2,1-4H3. The maximum atomic E-state index is 12.3. The highest BCUT2D eigenvalue weighted by Gasteiger charge is 2.28. The van der Waals surface area contributed by atoms with Crippen molar-refractivity contribution in [3.8, 4) is 0 Å². The number of amides is 1. The second-order valence-electron chi connectivity index (χ2n) is 6.70. The lowest BCUT2D eigenvalue weighted by Gasteiger charge is -2.24. The van der Waals surface area contributed by atoms with Gasteiger partial charge >= 0.3 is 6.09 Å². The fraction of sp³-hybridized carbons (Fsp3) is 0.611. The number of carbonyl (C=O) groups is 1. The molecule has 0 radical (unpaired) electrons. The number of ether oxygens (including phenoxy) is 1. The first-order valence-electron chi connectivity index (χ1n) is 8.36. The Morgan fingerprint density at radius 3 is 2.87 bits per heavy atom. The van der Waals surface area contributed by atoms with Gasteiger partial charge in [0.1, 0.15) is 5.60 Å². The Morgan fingerprint density at radius 2 is 2.17 bits per heavy atom. The number of nitrogens with zero attached hydrogens (tertiary/aromatic N) is 1. The first-order valence-corrected chi connectivity index (χ1v) is 9.51. The van der Waals surface area contributed by atoms with E-state index in [9.17, 15) is 4.79 Å². The topological polar surface area (TPSA) is 41.6 Å². The molecular weight excluding hydrogens is 308 g/mol. The van der Waals surface area contributed by atoms with E-state index in [4.69, 9.17) is 4.74 Å². The van der Waals surface area contributed by atoms with Crippen LogP contribution in [0.3, 0.4) is 0 Å². The van der Waals surface area contributed by atoms with Crippen LogP contribution in [-0.2, 0) is 11.2 Å². The average Bonchev–Trinajstić information content (AvgIpc) is 2.88. The quantitative estimate of drug-likeness (QED) is 0.774. The molecule has 1 heterocycles. The first kappa shape index (κ1) is 18.0. The molecule has 5 heteroatoms. The summed E-state index contributed by atoms with van der Waals surface area (Å²) in [4.78, 5) is 14.0. The summed E-state index contributed by atoms with van der Waals surface area (Å²) in [5, 5.41) is 3.47. The molecule has 2 rings (SSSR count). The molecule has 0 fully saturated rings. The van der Waals surface area contributed by atoms with E-state index in [0.29, 0.717) is 6.54 Å². The highest BCUT2D eigenvalue weighted by atomic mass is 32.2. The minimum atomic E-state index is -0.460. The lowest BCUT2D eigenvalue weighted by atomic mass is 10.1. The van der Waals surface area contributed by atoms with Gasteiger partial charge in [-0.05, 0) is 68.9 Å². The molecule has 4 nitrogen and oxygen atoms in total. The Hall–Kier alpha value is -1.36. The minimum Gasteiger partial charge on any atom is -0.443 e. The molecule has 1 N–H and O–H groups in total. The van der Waals surface area contributed by atoms with Gasteiger partial charge in [-0.15, -0.1) is 0 Å². The molecule has 0 atom stereocenters. The van der Waals surface area contributed by atoms with Crippen LogP contribution < -0.4 is 10.2 Å². The predicted octanol–water partition coefficient (Wildman–Crippen LogP) is 4.54. The molecule has 0 unspecified atom stereocenters. The number of fused-ring (bicyclic) bond motifs is 1. The van der Waals surface area contributed by atoms with Crippen molar-refractivity contribution in [3.63, 3.8) is 0 Å². The van der Waals surface area contributed by atoms with Crippen LogP contribution >= 0.6 is 11.8 Å². The van der Waals surface area contributed by atoms with Crippen LogP contribution in [0.2, 0.25) is 0 Å². The molecule has 0 saturated carbocycles. The van der Waals surface area contributed by atoms with Gasteiger partial charge in [0.25, 0.3) is 0 Å².